The first-order valence-electron chi connectivity index (χ1n) is 5.38. The van der Waals surface area contributed by atoms with Crippen LogP contribution in [0.4, 0.5) is 0 Å². The molecule has 0 bridgehead atoms. The van der Waals surface area contributed by atoms with Crippen molar-refractivity contribution in [3.05, 3.63) is 35.5 Å². The molecule has 0 saturated heterocycles. The average Bonchev–Trinajstić information content (AvgIpc) is 2.44. The van der Waals surface area contributed by atoms with Crippen LogP contribution < -0.4 is 5.73 Å². The lowest BCUT2D eigenvalue weighted by atomic mass is 10.1. The summed E-state index contributed by atoms with van der Waals surface area (Å²) in [5.41, 5.74) is 9.86. The van der Waals surface area contributed by atoms with Crippen molar-refractivity contribution in [3.63, 3.8) is 0 Å². The molecule has 0 fully saturated rings. The van der Waals surface area contributed by atoms with Crippen molar-refractivity contribution >= 4 is 10.9 Å². The smallest absolute Gasteiger partial charge is 0.0510 e. The van der Waals surface area contributed by atoms with Crippen LogP contribution in [0.25, 0.3) is 10.9 Å². The zero-order valence-corrected chi connectivity index (χ0v) is 9.62. The molecule has 0 aliphatic heterocycles. The van der Waals surface area contributed by atoms with E-state index < -0.39 is 0 Å². The molecule has 1 aromatic carbocycles. The lowest BCUT2D eigenvalue weighted by molar-refractivity contribution is 0.738. The molecule has 80 valence electrons. The van der Waals surface area contributed by atoms with E-state index in [1.54, 1.807) is 0 Å². The molecule has 0 unspecified atom stereocenters. The lowest BCUT2D eigenvalue weighted by Crippen LogP contribution is -2.17. The van der Waals surface area contributed by atoms with Crippen molar-refractivity contribution in [2.75, 3.05) is 0 Å². The molecule has 0 aliphatic rings. The van der Waals surface area contributed by atoms with Crippen LogP contribution >= 0.6 is 0 Å². The van der Waals surface area contributed by atoms with Gasteiger partial charge in [-0.05, 0) is 31.4 Å². The van der Waals surface area contributed by atoms with Gasteiger partial charge >= 0.3 is 0 Å². The Kier molecular flexibility index (Phi) is 2.53. The van der Waals surface area contributed by atoms with Crippen LogP contribution in [0.1, 0.15) is 18.1 Å². The van der Waals surface area contributed by atoms with E-state index in [9.17, 15) is 0 Å². The Balaban J connectivity index is 2.63. The van der Waals surface area contributed by atoms with Gasteiger partial charge in [0.2, 0.25) is 0 Å². The second-order valence-electron chi connectivity index (χ2n) is 4.42. The first-order chi connectivity index (χ1) is 7.09. The van der Waals surface area contributed by atoms with Crippen LogP contribution in [0.15, 0.2) is 24.4 Å². The Morgan fingerprint density at radius 1 is 1.40 bits per heavy atom. The molecule has 2 N–H and O–H groups in total. The number of para-hydroxylation sites is 1. The van der Waals surface area contributed by atoms with Crippen molar-refractivity contribution in [2.45, 2.75) is 26.3 Å². The molecule has 0 radical (unpaired) electrons. The van der Waals surface area contributed by atoms with Gasteiger partial charge in [-0.3, -0.25) is 0 Å². The van der Waals surface area contributed by atoms with Crippen LogP contribution in [0.5, 0.6) is 0 Å². The highest BCUT2D eigenvalue weighted by atomic mass is 14.9. The third-order valence-corrected chi connectivity index (χ3v) is 2.83. The van der Waals surface area contributed by atoms with Gasteiger partial charge in [0.25, 0.3) is 0 Å². The fourth-order valence-corrected chi connectivity index (χ4v) is 2.26. The van der Waals surface area contributed by atoms with Gasteiger partial charge in [0.05, 0.1) is 5.52 Å². The number of nitrogens with zero attached hydrogens (tertiary/aromatic N) is 1. The highest BCUT2D eigenvalue weighted by Gasteiger charge is 2.09. The average molecular weight is 202 g/mol. The van der Waals surface area contributed by atoms with Gasteiger partial charge in [-0.1, -0.05) is 18.2 Å². The molecule has 0 saturated carbocycles. The molecule has 2 aromatic rings. The predicted octanol–water partition coefficient (Wildman–Crippen LogP) is 2.38. The van der Waals surface area contributed by atoms with Crippen molar-refractivity contribution < 1.29 is 0 Å². The number of rotatable bonds is 2. The van der Waals surface area contributed by atoms with Crippen molar-refractivity contribution in [1.29, 1.82) is 0 Å². The summed E-state index contributed by atoms with van der Waals surface area (Å²) in [7, 11) is 2.10. The van der Waals surface area contributed by atoms with E-state index in [-0.39, 0.29) is 6.04 Å². The third kappa shape index (κ3) is 1.77. The molecule has 1 aromatic heterocycles. The maximum atomic E-state index is 5.85. The Morgan fingerprint density at radius 3 is 2.80 bits per heavy atom. The van der Waals surface area contributed by atoms with E-state index in [2.05, 4.69) is 49.9 Å². The minimum absolute atomic E-state index is 0.219. The summed E-state index contributed by atoms with van der Waals surface area (Å²) in [5, 5.41) is 1.34. The molecule has 15 heavy (non-hydrogen) atoms. The summed E-state index contributed by atoms with van der Waals surface area (Å²) in [5.74, 6) is 0. The largest absolute Gasteiger partial charge is 0.350 e. The Labute approximate surface area is 90.7 Å². The standard InChI is InChI=1S/C13H18N2/c1-9-5-4-6-12-11(7-10(2)14)8-15(3)13(9)12/h4-6,8,10H,7,14H2,1-3H3/t10-/m0/s1. The Hall–Kier alpha value is -1.28. The maximum absolute atomic E-state index is 5.85. The van der Waals surface area contributed by atoms with E-state index in [4.69, 9.17) is 5.73 Å². The number of nitrogens with two attached hydrogens (primary N) is 1. The van der Waals surface area contributed by atoms with Crippen LogP contribution in [-0.2, 0) is 13.5 Å². The van der Waals surface area contributed by atoms with E-state index in [1.807, 2.05) is 0 Å². The summed E-state index contributed by atoms with van der Waals surface area (Å²) in [6.45, 7) is 4.20. The summed E-state index contributed by atoms with van der Waals surface area (Å²) in [4.78, 5) is 0. The van der Waals surface area contributed by atoms with Gasteiger partial charge in [-0.25, -0.2) is 0 Å². The van der Waals surface area contributed by atoms with Gasteiger partial charge in [-0.15, -0.1) is 0 Å². The van der Waals surface area contributed by atoms with E-state index in [0.717, 1.165) is 6.42 Å². The predicted molar refractivity (Wildman–Crippen MR) is 65.0 cm³/mol. The molecule has 0 aliphatic carbocycles. The fraction of sp³-hybridized carbons (Fsp3) is 0.385. The fourth-order valence-electron chi connectivity index (χ4n) is 2.26. The summed E-state index contributed by atoms with van der Waals surface area (Å²) < 4.78 is 2.20. The highest BCUT2D eigenvalue weighted by Crippen LogP contribution is 2.24. The first-order valence-corrected chi connectivity index (χ1v) is 5.38. The number of hydrogen-bond donors (Lipinski definition) is 1. The number of fused-ring (bicyclic) bond motifs is 1. The maximum Gasteiger partial charge on any atom is 0.0510 e. The SMILES string of the molecule is Cc1cccc2c(C[C@H](C)N)cn(C)c12. The molecular formula is C13H18N2. The van der Waals surface area contributed by atoms with Gasteiger partial charge in [0.1, 0.15) is 0 Å². The lowest BCUT2D eigenvalue weighted by Gasteiger charge is -2.03. The number of benzene rings is 1. The van der Waals surface area contributed by atoms with Gasteiger partial charge < -0.3 is 10.3 Å². The Morgan fingerprint density at radius 2 is 2.13 bits per heavy atom. The summed E-state index contributed by atoms with van der Waals surface area (Å²) in [6.07, 6.45) is 3.14. The molecular weight excluding hydrogens is 184 g/mol. The molecule has 2 nitrogen and oxygen atoms in total. The highest BCUT2D eigenvalue weighted by molar-refractivity contribution is 5.86. The first kappa shape index (κ1) is 10.2. The molecule has 1 atom stereocenters. The van der Waals surface area contributed by atoms with Gasteiger partial charge in [-0.2, -0.15) is 0 Å². The van der Waals surface area contributed by atoms with Crippen LogP contribution in [-0.4, -0.2) is 10.6 Å². The zero-order chi connectivity index (χ0) is 11.0. The molecule has 0 spiro atoms. The topological polar surface area (TPSA) is 30.9 Å². The quantitative estimate of drug-likeness (QED) is 0.796. The molecule has 0 amide bonds. The van der Waals surface area contributed by atoms with Crippen molar-refractivity contribution in [2.24, 2.45) is 12.8 Å². The van der Waals surface area contributed by atoms with Gasteiger partial charge in [0, 0.05) is 24.7 Å². The molecule has 1 heterocycles. The normalized spacial score (nSPS) is 13.3. The van der Waals surface area contributed by atoms with E-state index in [0.29, 0.717) is 0 Å². The van der Waals surface area contributed by atoms with Crippen LogP contribution in [0.2, 0.25) is 0 Å². The minimum Gasteiger partial charge on any atom is -0.350 e. The van der Waals surface area contributed by atoms with E-state index in [1.165, 1.54) is 22.0 Å². The third-order valence-electron chi connectivity index (χ3n) is 2.83. The van der Waals surface area contributed by atoms with Crippen molar-refractivity contribution in [1.82, 2.24) is 4.57 Å². The second-order valence-corrected chi connectivity index (χ2v) is 4.42. The zero-order valence-electron chi connectivity index (χ0n) is 9.62. The number of aryl methyl sites for hydroxylation is 2. The van der Waals surface area contributed by atoms with E-state index >= 15 is 0 Å². The monoisotopic (exact) mass is 202 g/mol. The van der Waals surface area contributed by atoms with Gasteiger partial charge in [0.15, 0.2) is 0 Å². The molecule has 2 rings (SSSR count). The van der Waals surface area contributed by atoms with Crippen LogP contribution in [0.3, 0.4) is 0 Å². The second kappa shape index (κ2) is 3.70. The van der Waals surface area contributed by atoms with Crippen molar-refractivity contribution in [3.8, 4) is 0 Å². The summed E-state index contributed by atoms with van der Waals surface area (Å²) in [6, 6.07) is 6.66. The molecule has 2 heteroatoms. The minimum atomic E-state index is 0.219. The Bertz CT molecular complexity index is 480. The number of aromatic nitrogens is 1. The number of hydrogen-bond acceptors (Lipinski definition) is 1. The summed E-state index contributed by atoms with van der Waals surface area (Å²) >= 11 is 0. The van der Waals surface area contributed by atoms with Crippen LogP contribution in [0, 0.1) is 6.92 Å².